The third-order valence-corrected chi connectivity index (χ3v) is 4.11. The standard InChI is InChI=1S/C19H24ClN3O2/c1-11(2)17-18(25-14(5)24)13(4)22-19(23-17)21-10-12(3)15-6-8-16(20)9-7-15/h6-9,11-12H,10H2,1-5H3,(H,21,22,23). The maximum Gasteiger partial charge on any atom is 0.308 e. The lowest BCUT2D eigenvalue weighted by Gasteiger charge is -2.17. The Bertz CT molecular complexity index is 745. The van der Waals surface area contributed by atoms with Crippen LogP contribution in [0.1, 0.15) is 56.5 Å². The van der Waals surface area contributed by atoms with E-state index in [2.05, 4.69) is 22.2 Å². The molecule has 0 aliphatic rings. The second-order valence-electron chi connectivity index (χ2n) is 6.43. The highest BCUT2D eigenvalue weighted by atomic mass is 35.5. The Kier molecular flexibility index (Phi) is 6.37. The van der Waals surface area contributed by atoms with Crippen molar-refractivity contribution in [3.05, 3.63) is 46.2 Å². The molecule has 25 heavy (non-hydrogen) atoms. The number of carbonyl (C=O) groups is 1. The largest absolute Gasteiger partial charge is 0.423 e. The van der Waals surface area contributed by atoms with Crippen molar-refractivity contribution in [1.82, 2.24) is 9.97 Å². The summed E-state index contributed by atoms with van der Waals surface area (Å²) in [4.78, 5) is 20.3. The number of esters is 1. The van der Waals surface area contributed by atoms with E-state index in [0.29, 0.717) is 23.9 Å². The minimum Gasteiger partial charge on any atom is -0.423 e. The Morgan fingerprint density at radius 1 is 1.20 bits per heavy atom. The maximum absolute atomic E-state index is 11.3. The van der Waals surface area contributed by atoms with Crippen LogP contribution in [-0.2, 0) is 4.79 Å². The number of nitrogens with one attached hydrogen (secondary N) is 1. The van der Waals surface area contributed by atoms with E-state index in [1.807, 2.05) is 45.0 Å². The van der Waals surface area contributed by atoms with Crippen LogP contribution in [-0.4, -0.2) is 22.5 Å². The molecule has 0 radical (unpaired) electrons. The molecule has 1 aromatic carbocycles. The van der Waals surface area contributed by atoms with Gasteiger partial charge in [0.25, 0.3) is 0 Å². The monoisotopic (exact) mass is 361 g/mol. The van der Waals surface area contributed by atoms with E-state index in [9.17, 15) is 4.79 Å². The quantitative estimate of drug-likeness (QED) is 0.755. The van der Waals surface area contributed by atoms with Gasteiger partial charge in [0.2, 0.25) is 5.95 Å². The molecule has 0 amide bonds. The third kappa shape index (κ3) is 5.16. The van der Waals surface area contributed by atoms with Crippen molar-refractivity contribution >= 4 is 23.5 Å². The van der Waals surface area contributed by atoms with Gasteiger partial charge in [-0.2, -0.15) is 0 Å². The summed E-state index contributed by atoms with van der Waals surface area (Å²) < 4.78 is 5.29. The molecule has 2 aromatic rings. The van der Waals surface area contributed by atoms with Gasteiger partial charge in [-0.15, -0.1) is 0 Å². The zero-order valence-corrected chi connectivity index (χ0v) is 16.0. The average Bonchev–Trinajstić information content (AvgIpc) is 2.54. The summed E-state index contributed by atoms with van der Waals surface area (Å²) >= 11 is 5.93. The van der Waals surface area contributed by atoms with Gasteiger partial charge < -0.3 is 10.1 Å². The fourth-order valence-corrected chi connectivity index (χ4v) is 2.60. The summed E-state index contributed by atoms with van der Waals surface area (Å²) in [6.07, 6.45) is 0. The summed E-state index contributed by atoms with van der Waals surface area (Å²) in [5, 5.41) is 4.01. The van der Waals surface area contributed by atoms with E-state index in [4.69, 9.17) is 16.3 Å². The second kappa shape index (κ2) is 8.30. The van der Waals surface area contributed by atoms with Crippen LogP contribution in [0.25, 0.3) is 0 Å². The predicted molar refractivity (Wildman–Crippen MR) is 101 cm³/mol. The molecule has 0 aliphatic heterocycles. The first-order valence-corrected chi connectivity index (χ1v) is 8.72. The molecule has 1 heterocycles. The number of aryl methyl sites for hydroxylation is 1. The van der Waals surface area contributed by atoms with Crippen molar-refractivity contribution in [3.63, 3.8) is 0 Å². The molecule has 0 fully saturated rings. The number of hydrogen-bond donors (Lipinski definition) is 1. The van der Waals surface area contributed by atoms with E-state index in [0.717, 1.165) is 10.7 Å². The molecule has 6 heteroatoms. The molecule has 1 N–H and O–H groups in total. The Morgan fingerprint density at radius 3 is 2.40 bits per heavy atom. The Hall–Kier alpha value is -2.14. The molecule has 0 saturated carbocycles. The zero-order chi connectivity index (χ0) is 18.6. The molecule has 1 atom stereocenters. The van der Waals surface area contributed by atoms with Gasteiger partial charge in [-0.3, -0.25) is 4.79 Å². The van der Waals surface area contributed by atoms with Crippen LogP contribution in [0.2, 0.25) is 5.02 Å². The molecule has 0 saturated heterocycles. The normalized spacial score (nSPS) is 12.1. The predicted octanol–water partition coefficient (Wildman–Crippen LogP) is 4.70. The number of aromatic nitrogens is 2. The van der Waals surface area contributed by atoms with E-state index in [1.165, 1.54) is 12.5 Å². The highest BCUT2D eigenvalue weighted by Crippen LogP contribution is 2.29. The molecule has 1 unspecified atom stereocenters. The summed E-state index contributed by atoms with van der Waals surface area (Å²) in [5.74, 6) is 1.02. The Labute approximate surface area is 153 Å². The van der Waals surface area contributed by atoms with Crippen molar-refractivity contribution in [2.75, 3.05) is 11.9 Å². The van der Waals surface area contributed by atoms with Crippen molar-refractivity contribution in [2.24, 2.45) is 0 Å². The molecular weight excluding hydrogens is 338 g/mol. The summed E-state index contributed by atoms with van der Waals surface area (Å²) in [6, 6.07) is 7.81. The van der Waals surface area contributed by atoms with Gasteiger partial charge in [-0.25, -0.2) is 9.97 Å². The minimum atomic E-state index is -0.370. The average molecular weight is 362 g/mol. The molecule has 0 spiro atoms. The number of halogens is 1. The molecule has 5 nitrogen and oxygen atoms in total. The van der Waals surface area contributed by atoms with Crippen LogP contribution in [0.15, 0.2) is 24.3 Å². The summed E-state index contributed by atoms with van der Waals surface area (Å²) in [7, 11) is 0. The maximum atomic E-state index is 11.3. The van der Waals surface area contributed by atoms with Crippen molar-refractivity contribution in [3.8, 4) is 5.75 Å². The van der Waals surface area contributed by atoms with Crippen LogP contribution in [0.4, 0.5) is 5.95 Å². The number of hydrogen-bond acceptors (Lipinski definition) is 5. The smallest absolute Gasteiger partial charge is 0.308 e. The van der Waals surface area contributed by atoms with E-state index >= 15 is 0 Å². The molecular formula is C19H24ClN3O2. The first-order chi connectivity index (χ1) is 11.8. The van der Waals surface area contributed by atoms with Gasteiger partial charge in [-0.05, 0) is 36.5 Å². The van der Waals surface area contributed by atoms with E-state index in [1.54, 1.807) is 0 Å². The second-order valence-corrected chi connectivity index (χ2v) is 6.87. The van der Waals surface area contributed by atoms with E-state index < -0.39 is 0 Å². The topological polar surface area (TPSA) is 64.1 Å². The minimum absolute atomic E-state index is 0.116. The Morgan fingerprint density at radius 2 is 1.84 bits per heavy atom. The Balaban J connectivity index is 2.16. The highest BCUT2D eigenvalue weighted by Gasteiger charge is 2.18. The third-order valence-electron chi connectivity index (χ3n) is 3.86. The summed E-state index contributed by atoms with van der Waals surface area (Å²) in [6.45, 7) is 10.0. The molecule has 0 aliphatic carbocycles. The van der Waals surface area contributed by atoms with Crippen molar-refractivity contribution in [2.45, 2.75) is 46.5 Å². The highest BCUT2D eigenvalue weighted by molar-refractivity contribution is 6.30. The lowest BCUT2D eigenvalue weighted by molar-refractivity contribution is -0.132. The van der Waals surface area contributed by atoms with Crippen LogP contribution >= 0.6 is 11.6 Å². The van der Waals surface area contributed by atoms with Gasteiger partial charge in [0.15, 0.2) is 5.75 Å². The number of benzene rings is 1. The van der Waals surface area contributed by atoms with Gasteiger partial charge in [0, 0.05) is 18.5 Å². The number of carbonyl (C=O) groups excluding carboxylic acids is 1. The fourth-order valence-electron chi connectivity index (χ4n) is 2.48. The molecule has 1 aromatic heterocycles. The van der Waals surface area contributed by atoms with Gasteiger partial charge in [0.1, 0.15) is 0 Å². The van der Waals surface area contributed by atoms with Crippen LogP contribution < -0.4 is 10.1 Å². The first kappa shape index (κ1) is 19.2. The number of ether oxygens (including phenoxy) is 1. The fraction of sp³-hybridized carbons (Fsp3) is 0.421. The lowest BCUT2D eigenvalue weighted by atomic mass is 10.0. The lowest BCUT2D eigenvalue weighted by Crippen LogP contribution is -2.15. The first-order valence-electron chi connectivity index (χ1n) is 8.34. The summed E-state index contributed by atoms with van der Waals surface area (Å²) in [5.41, 5.74) is 2.56. The molecule has 134 valence electrons. The SMILES string of the molecule is CC(=O)Oc1c(C)nc(NCC(C)c2ccc(Cl)cc2)nc1C(C)C. The van der Waals surface area contributed by atoms with Gasteiger partial charge >= 0.3 is 5.97 Å². The van der Waals surface area contributed by atoms with Crippen molar-refractivity contribution < 1.29 is 9.53 Å². The van der Waals surface area contributed by atoms with Gasteiger partial charge in [-0.1, -0.05) is 44.5 Å². The number of anilines is 1. The van der Waals surface area contributed by atoms with E-state index in [-0.39, 0.29) is 17.8 Å². The van der Waals surface area contributed by atoms with Gasteiger partial charge in [0.05, 0.1) is 11.4 Å². The van der Waals surface area contributed by atoms with Crippen LogP contribution in [0.3, 0.4) is 0 Å². The number of rotatable bonds is 6. The van der Waals surface area contributed by atoms with Crippen LogP contribution in [0.5, 0.6) is 5.75 Å². The van der Waals surface area contributed by atoms with Crippen LogP contribution in [0, 0.1) is 6.92 Å². The molecule has 0 bridgehead atoms. The van der Waals surface area contributed by atoms with Crippen molar-refractivity contribution in [1.29, 1.82) is 0 Å². The molecule has 2 rings (SSSR count). The zero-order valence-electron chi connectivity index (χ0n) is 15.3. The number of nitrogens with zero attached hydrogens (tertiary/aromatic N) is 2.